The highest BCUT2D eigenvalue weighted by molar-refractivity contribution is 5.79. The van der Waals surface area contributed by atoms with Crippen molar-refractivity contribution in [1.29, 1.82) is 0 Å². The molecule has 1 atom stereocenters. The maximum Gasteiger partial charge on any atom is 0.325 e. The number of rotatable bonds is 3. The van der Waals surface area contributed by atoms with Crippen LogP contribution in [0.2, 0.25) is 0 Å². The van der Waals surface area contributed by atoms with Gasteiger partial charge in [0.25, 0.3) is 5.56 Å². The highest BCUT2D eigenvalue weighted by Crippen LogP contribution is 2.20. The summed E-state index contributed by atoms with van der Waals surface area (Å²) in [5.41, 5.74) is -0.314. The van der Waals surface area contributed by atoms with Crippen molar-refractivity contribution in [2.45, 2.75) is 19.4 Å². The quantitative estimate of drug-likeness (QED) is 0.754. The van der Waals surface area contributed by atoms with E-state index in [2.05, 4.69) is 14.9 Å². The predicted octanol–water partition coefficient (Wildman–Crippen LogP) is -0.866. The Balaban J connectivity index is 1.62. The lowest BCUT2D eigenvalue weighted by atomic mass is 9.96. The smallest absolute Gasteiger partial charge is 0.325 e. The molecule has 8 nitrogen and oxygen atoms in total. The van der Waals surface area contributed by atoms with E-state index in [0.717, 1.165) is 19.4 Å². The molecule has 23 heavy (non-hydrogen) atoms. The van der Waals surface area contributed by atoms with E-state index < -0.39 is 11.2 Å². The standard InChI is InChI=1S/C15H22N4O4/c20-13-8-12(16-15(22)17-13)10-18-3-1-2-11(9-18)14(21)19-4-6-23-7-5-19/h8,11H,1-7,9-10H2,(H2,16,17,20,22). The number of aromatic nitrogens is 2. The topological polar surface area (TPSA) is 98.5 Å². The second-order valence-electron chi connectivity index (χ2n) is 6.12. The van der Waals surface area contributed by atoms with Gasteiger partial charge in [0.2, 0.25) is 5.91 Å². The lowest BCUT2D eigenvalue weighted by Gasteiger charge is -2.36. The van der Waals surface area contributed by atoms with Crippen LogP contribution in [0.1, 0.15) is 18.5 Å². The molecule has 0 aromatic carbocycles. The third-order valence-corrected chi connectivity index (χ3v) is 4.39. The fourth-order valence-electron chi connectivity index (χ4n) is 3.29. The third kappa shape index (κ3) is 4.08. The number of likely N-dealkylation sites (tertiary alicyclic amines) is 1. The number of hydrogen-bond acceptors (Lipinski definition) is 5. The zero-order valence-electron chi connectivity index (χ0n) is 13.0. The number of hydrogen-bond donors (Lipinski definition) is 2. The maximum absolute atomic E-state index is 12.6. The van der Waals surface area contributed by atoms with Crippen molar-refractivity contribution in [1.82, 2.24) is 19.8 Å². The van der Waals surface area contributed by atoms with Gasteiger partial charge in [-0.25, -0.2) is 4.79 Å². The van der Waals surface area contributed by atoms with Crippen molar-refractivity contribution in [2.75, 3.05) is 39.4 Å². The molecule has 2 fully saturated rings. The number of piperidine rings is 1. The molecule has 2 N–H and O–H groups in total. The summed E-state index contributed by atoms with van der Waals surface area (Å²) in [6, 6.07) is 1.40. The van der Waals surface area contributed by atoms with Crippen molar-refractivity contribution in [3.63, 3.8) is 0 Å². The van der Waals surface area contributed by atoms with Gasteiger partial charge >= 0.3 is 5.69 Å². The summed E-state index contributed by atoms with van der Waals surface area (Å²) in [7, 11) is 0. The van der Waals surface area contributed by atoms with E-state index in [-0.39, 0.29) is 11.8 Å². The Kier molecular flexibility index (Phi) is 4.92. The van der Waals surface area contributed by atoms with Crippen LogP contribution in [-0.2, 0) is 16.1 Å². The molecule has 2 aliphatic rings. The number of amides is 1. The van der Waals surface area contributed by atoms with Gasteiger partial charge in [0.05, 0.1) is 19.1 Å². The Bertz CT molecular complexity index is 634. The molecule has 0 aliphatic carbocycles. The minimum absolute atomic E-state index is 0.0180. The van der Waals surface area contributed by atoms with Crippen molar-refractivity contribution in [3.05, 3.63) is 32.6 Å². The van der Waals surface area contributed by atoms with Crippen LogP contribution in [0.5, 0.6) is 0 Å². The Morgan fingerprint density at radius 1 is 1.22 bits per heavy atom. The van der Waals surface area contributed by atoms with Crippen LogP contribution in [0.3, 0.4) is 0 Å². The molecule has 2 saturated heterocycles. The Morgan fingerprint density at radius 3 is 2.74 bits per heavy atom. The van der Waals surface area contributed by atoms with Crippen molar-refractivity contribution < 1.29 is 9.53 Å². The van der Waals surface area contributed by atoms with Crippen LogP contribution < -0.4 is 11.2 Å². The second kappa shape index (κ2) is 7.10. The van der Waals surface area contributed by atoms with Crippen LogP contribution in [0, 0.1) is 5.92 Å². The van der Waals surface area contributed by atoms with E-state index in [1.165, 1.54) is 6.07 Å². The van der Waals surface area contributed by atoms with Gasteiger partial charge < -0.3 is 14.6 Å². The first-order valence-corrected chi connectivity index (χ1v) is 8.03. The van der Waals surface area contributed by atoms with E-state index in [1.54, 1.807) is 0 Å². The number of carbonyl (C=O) groups excluding carboxylic acids is 1. The first kappa shape index (κ1) is 15.9. The number of nitrogens with one attached hydrogen (secondary N) is 2. The molecule has 0 spiro atoms. The molecule has 0 radical (unpaired) electrons. The van der Waals surface area contributed by atoms with Gasteiger partial charge in [-0.1, -0.05) is 0 Å². The first-order valence-electron chi connectivity index (χ1n) is 8.03. The Labute approximate surface area is 133 Å². The number of carbonyl (C=O) groups is 1. The fraction of sp³-hybridized carbons (Fsp3) is 0.667. The van der Waals surface area contributed by atoms with Crippen LogP contribution >= 0.6 is 0 Å². The number of H-pyrrole nitrogens is 2. The Morgan fingerprint density at radius 2 is 2.00 bits per heavy atom. The lowest BCUT2D eigenvalue weighted by Crippen LogP contribution is -2.48. The molecule has 2 aliphatic heterocycles. The minimum Gasteiger partial charge on any atom is -0.378 e. The van der Waals surface area contributed by atoms with Crippen molar-refractivity contribution in [2.24, 2.45) is 5.92 Å². The van der Waals surface area contributed by atoms with E-state index in [1.807, 2.05) is 4.90 Å². The normalized spacial score (nSPS) is 23.0. The van der Waals surface area contributed by atoms with Gasteiger partial charge in [0, 0.05) is 37.9 Å². The average Bonchev–Trinajstić information content (AvgIpc) is 2.54. The van der Waals surface area contributed by atoms with Gasteiger partial charge in [-0.3, -0.25) is 19.5 Å². The predicted molar refractivity (Wildman–Crippen MR) is 83.1 cm³/mol. The van der Waals surface area contributed by atoms with Crippen LogP contribution in [-0.4, -0.2) is 65.1 Å². The van der Waals surface area contributed by atoms with Gasteiger partial charge in [-0.05, 0) is 19.4 Å². The second-order valence-corrected chi connectivity index (χ2v) is 6.12. The summed E-state index contributed by atoms with van der Waals surface area (Å²) in [6.45, 7) is 4.54. The molecular weight excluding hydrogens is 300 g/mol. The number of ether oxygens (including phenoxy) is 1. The highest BCUT2D eigenvalue weighted by atomic mass is 16.5. The largest absolute Gasteiger partial charge is 0.378 e. The molecule has 0 saturated carbocycles. The summed E-state index contributed by atoms with van der Waals surface area (Å²) >= 11 is 0. The van der Waals surface area contributed by atoms with Gasteiger partial charge in [-0.2, -0.15) is 0 Å². The SMILES string of the molecule is O=C(C1CCCN(Cc2cc(=O)[nH]c(=O)[nH]2)C1)N1CCOCC1. The number of nitrogens with zero attached hydrogens (tertiary/aromatic N) is 2. The molecule has 1 aromatic heterocycles. The number of aromatic amines is 2. The van der Waals surface area contributed by atoms with Gasteiger partial charge in [0.15, 0.2) is 0 Å². The molecule has 8 heteroatoms. The summed E-state index contributed by atoms with van der Waals surface area (Å²) in [5.74, 6) is 0.174. The van der Waals surface area contributed by atoms with E-state index in [4.69, 9.17) is 4.74 Å². The van der Waals surface area contributed by atoms with E-state index >= 15 is 0 Å². The Hall–Kier alpha value is -1.93. The fourth-order valence-corrected chi connectivity index (χ4v) is 3.29. The molecule has 1 aromatic rings. The zero-order valence-corrected chi connectivity index (χ0v) is 13.0. The molecule has 0 bridgehead atoms. The van der Waals surface area contributed by atoms with Crippen LogP contribution in [0.4, 0.5) is 0 Å². The van der Waals surface area contributed by atoms with Crippen LogP contribution in [0.15, 0.2) is 15.7 Å². The highest BCUT2D eigenvalue weighted by Gasteiger charge is 2.30. The molecule has 1 amide bonds. The lowest BCUT2D eigenvalue weighted by molar-refractivity contribution is -0.141. The van der Waals surface area contributed by atoms with Gasteiger partial charge in [-0.15, -0.1) is 0 Å². The molecular formula is C15H22N4O4. The number of morpholine rings is 1. The first-order chi connectivity index (χ1) is 11.1. The van der Waals surface area contributed by atoms with Gasteiger partial charge in [0.1, 0.15) is 0 Å². The summed E-state index contributed by atoms with van der Waals surface area (Å²) in [6.07, 6.45) is 1.83. The molecule has 3 rings (SSSR count). The molecule has 3 heterocycles. The minimum atomic E-state index is -0.495. The molecule has 1 unspecified atom stereocenters. The van der Waals surface area contributed by atoms with E-state index in [0.29, 0.717) is 45.1 Å². The summed E-state index contributed by atoms with van der Waals surface area (Å²) in [4.78, 5) is 44.1. The van der Waals surface area contributed by atoms with E-state index in [9.17, 15) is 14.4 Å². The summed E-state index contributed by atoms with van der Waals surface area (Å²) < 4.78 is 5.29. The van der Waals surface area contributed by atoms with Crippen molar-refractivity contribution >= 4 is 5.91 Å². The zero-order chi connectivity index (χ0) is 16.2. The van der Waals surface area contributed by atoms with Crippen LogP contribution in [0.25, 0.3) is 0 Å². The summed E-state index contributed by atoms with van der Waals surface area (Å²) in [5, 5.41) is 0. The molecule has 126 valence electrons. The third-order valence-electron chi connectivity index (χ3n) is 4.39. The maximum atomic E-state index is 12.6. The monoisotopic (exact) mass is 322 g/mol. The average molecular weight is 322 g/mol. The van der Waals surface area contributed by atoms with Crippen molar-refractivity contribution in [3.8, 4) is 0 Å².